The smallest absolute Gasteiger partial charge is 0.171 e. The van der Waals surface area contributed by atoms with Crippen molar-refractivity contribution in [1.82, 2.24) is 5.32 Å². The van der Waals surface area contributed by atoms with Crippen LogP contribution in [0.4, 0.5) is 5.69 Å². The summed E-state index contributed by atoms with van der Waals surface area (Å²) in [5.41, 5.74) is 3.98. The molecule has 0 atom stereocenters. The van der Waals surface area contributed by atoms with E-state index in [1.54, 1.807) is 0 Å². The minimum absolute atomic E-state index is 0.287. The van der Waals surface area contributed by atoms with E-state index in [0.717, 1.165) is 22.9 Å². The van der Waals surface area contributed by atoms with Crippen molar-refractivity contribution in [3.8, 4) is 0 Å². The van der Waals surface area contributed by atoms with E-state index in [-0.39, 0.29) is 5.54 Å². The molecular weight excluding hydrogens is 288 g/mol. The Morgan fingerprint density at radius 2 is 1.50 bits per heavy atom. The third kappa shape index (κ3) is 2.54. The zero-order valence-electron chi connectivity index (χ0n) is 13.6. The van der Waals surface area contributed by atoms with E-state index in [1.807, 2.05) is 0 Å². The first kappa shape index (κ1) is 14.5. The lowest BCUT2D eigenvalue weighted by Crippen LogP contribution is -2.60. The number of rotatable bonds is 2. The molecule has 2 nitrogen and oxygen atoms in total. The van der Waals surface area contributed by atoms with Gasteiger partial charge in [-0.15, -0.1) is 0 Å². The largest absolute Gasteiger partial charge is 0.357 e. The van der Waals surface area contributed by atoms with E-state index < -0.39 is 0 Å². The van der Waals surface area contributed by atoms with Gasteiger partial charge in [-0.3, -0.25) is 0 Å². The van der Waals surface area contributed by atoms with Crippen LogP contribution in [0.15, 0.2) is 18.2 Å². The van der Waals surface area contributed by atoms with E-state index in [0.29, 0.717) is 0 Å². The van der Waals surface area contributed by atoms with Crippen molar-refractivity contribution in [2.24, 2.45) is 17.8 Å². The second kappa shape index (κ2) is 5.23. The Kier molecular flexibility index (Phi) is 3.44. The monoisotopic (exact) mass is 314 g/mol. The number of thiocarbonyl (C=S) groups is 1. The lowest BCUT2D eigenvalue weighted by molar-refractivity contribution is -0.00972. The van der Waals surface area contributed by atoms with Crippen LogP contribution in [-0.4, -0.2) is 10.7 Å². The normalized spacial score (nSPS) is 35.5. The number of para-hydroxylation sites is 1. The first-order chi connectivity index (χ1) is 10.5. The number of benzene rings is 1. The van der Waals surface area contributed by atoms with Gasteiger partial charge in [0.1, 0.15) is 0 Å². The highest BCUT2D eigenvalue weighted by Gasteiger charge is 2.51. The summed E-state index contributed by atoms with van der Waals surface area (Å²) in [5.74, 6) is 2.84. The molecule has 118 valence electrons. The van der Waals surface area contributed by atoms with E-state index in [1.165, 1.54) is 55.3 Å². The van der Waals surface area contributed by atoms with Crippen LogP contribution < -0.4 is 10.6 Å². The topological polar surface area (TPSA) is 24.1 Å². The Morgan fingerprint density at radius 1 is 1.00 bits per heavy atom. The molecule has 0 aliphatic heterocycles. The van der Waals surface area contributed by atoms with Crippen molar-refractivity contribution in [1.29, 1.82) is 0 Å². The molecule has 0 unspecified atom stereocenters. The summed E-state index contributed by atoms with van der Waals surface area (Å²) in [4.78, 5) is 0. The Bertz CT molecular complexity index is 552. The van der Waals surface area contributed by atoms with E-state index in [4.69, 9.17) is 12.2 Å². The fraction of sp³-hybridized carbons (Fsp3) is 0.632. The van der Waals surface area contributed by atoms with Gasteiger partial charge in [-0.2, -0.15) is 0 Å². The highest BCUT2D eigenvalue weighted by atomic mass is 32.1. The van der Waals surface area contributed by atoms with Gasteiger partial charge in [0, 0.05) is 11.2 Å². The van der Waals surface area contributed by atoms with Crippen LogP contribution in [0.5, 0.6) is 0 Å². The summed E-state index contributed by atoms with van der Waals surface area (Å²) in [5, 5.41) is 8.04. The number of hydrogen-bond acceptors (Lipinski definition) is 1. The zero-order valence-corrected chi connectivity index (χ0v) is 14.4. The molecule has 0 saturated heterocycles. The van der Waals surface area contributed by atoms with Gasteiger partial charge < -0.3 is 10.6 Å². The van der Waals surface area contributed by atoms with Crippen LogP contribution in [-0.2, 0) is 0 Å². The molecule has 1 aromatic rings. The first-order valence-electron chi connectivity index (χ1n) is 8.68. The van der Waals surface area contributed by atoms with Crippen LogP contribution in [0.3, 0.4) is 0 Å². The van der Waals surface area contributed by atoms with Gasteiger partial charge in [0.2, 0.25) is 0 Å². The van der Waals surface area contributed by atoms with Crippen molar-refractivity contribution < 1.29 is 0 Å². The van der Waals surface area contributed by atoms with Gasteiger partial charge in [-0.05, 0) is 93.5 Å². The van der Waals surface area contributed by atoms with Crippen LogP contribution in [0.2, 0.25) is 0 Å². The fourth-order valence-electron chi connectivity index (χ4n) is 5.66. The summed E-state index contributed by atoms with van der Waals surface area (Å²) in [6.45, 7) is 4.28. The van der Waals surface area contributed by atoms with Gasteiger partial charge in [-0.1, -0.05) is 18.2 Å². The van der Waals surface area contributed by atoms with Gasteiger partial charge >= 0.3 is 0 Å². The van der Waals surface area contributed by atoms with Crippen LogP contribution in [0.1, 0.15) is 49.7 Å². The summed E-state index contributed by atoms with van der Waals surface area (Å²) < 4.78 is 0. The molecule has 2 N–H and O–H groups in total. The maximum absolute atomic E-state index is 5.67. The van der Waals surface area contributed by atoms with Crippen molar-refractivity contribution in [2.75, 3.05) is 5.32 Å². The minimum Gasteiger partial charge on any atom is -0.357 e. The van der Waals surface area contributed by atoms with E-state index >= 15 is 0 Å². The maximum atomic E-state index is 5.67. The van der Waals surface area contributed by atoms with Gasteiger partial charge in [0.25, 0.3) is 0 Å². The van der Waals surface area contributed by atoms with Gasteiger partial charge in [0.05, 0.1) is 0 Å². The third-order valence-corrected chi connectivity index (χ3v) is 6.34. The predicted molar refractivity (Wildman–Crippen MR) is 96.2 cm³/mol. The highest BCUT2D eigenvalue weighted by molar-refractivity contribution is 7.80. The molecule has 3 heteroatoms. The van der Waals surface area contributed by atoms with Crippen LogP contribution in [0, 0.1) is 31.6 Å². The average Bonchev–Trinajstić information content (AvgIpc) is 2.41. The first-order valence-corrected chi connectivity index (χ1v) is 9.09. The summed E-state index contributed by atoms with van der Waals surface area (Å²) in [6.07, 6.45) is 8.39. The fourth-order valence-corrected chi connectivity index (χ4v) is 5.98. The Morgan fingerprint density at radius 3 is 2.00 bits per heavy atom. The Labute approximate surface area is 139 Å². The Hall–Kier alpha value is -1.09. The number of hydrogen-bond donors (Lipinski definition) is 2. The minimum atomic E-state index is 0.287. The molecule has 0 heterocycles. The SMILES string of the molecule is Cc1cccc(C)c1NC(=S)NC12CC3CC(CC(C3)C1)C2. The molecule has 0 spiro atoms. The summed E-state index contributed by atoms with van der Waals surface area (Å²) in [6, 6.07) is 6.39. The molecule has 5 rings (SSSR count). The summed E-state index contributed by atoms with van der Waals surface area (Å²) in [7, 11) is 0. The van der Waals surface area contributed by atoms with Gasteiger partial charge in [0.15, 0.2) is 5.11 Å². The molecule has 4 aliphatic rings. The van der Waals surface area contributed by atoms with Crippen LogP contribution >= 0.6 is 12.2 Å². The lowest BCUT2D eigenvalue weighted by atomic mass is 9.53. The average molecular weight is 314 g/mol. The zero-order chi connectivity index (χ0) is 15.3. The third-order valence-electron chi connectivity index (χ3n) is 6.14. The molecule has 4 fully saturated rings. The Balaban J connectivity index is 1.48. The quantitative estimate of drug-likeness (QED) is 0.783. The second-order valence-corrected chi connectivity index (χ2v) is 8.45. The van der Waals surface area contributed by atoms with Crippen molar-refractivity contribution in [3.05, 3.63) is 29.3 Å². The predicted octanol–water partition coefficient (Wildman–Crippen LogP) is 4.56. The molecule has 4 bridgehead atoms. The highest BCUT2D eigenvalue weighted by Crippen LogP contribution is 2.55. The molecule has 4 saturated carbocycles. The van der Waals surface area contributed by atoms with E-state index in [9.17, 15) is 0 Å². The van der Waals surface area contributed by atoms with Gasteiger partial charge in [-0.25, -0.2) is 0 Å². The maximum Gasteiger partial charge on any atom is 0.171 e. The molecule has 4 aliphatic carbocycles. The van der Waals surface area contributed by atoms with E-state index in [2.05, 4.69) is 42.7 Å². The number of nitrogens with one attached hydrogen (secondary N) is 2. The second-order valence-electron chi connectivity index (χ2n) is 8.04. The molecule has 0 aromatic heterocycles. The molecule has 22 heavy (non-hydrogen) atoms. The van der Waals surface area contributed by atoms with Crippen LogP contribution in [0.25, 0.3) is 0 Å². The van der Waals surface area contributed by atoms with Crippen molar-refractivity contribution in [3.63, 3.8) is 0 Å². The molecule has 1 aromatic carbocycles. The summed E-state index contributed by atoms with van der Waals surface area (Å²) >= 11 is 5.67. The van der Waals surface area contributed by atoms with Crippen molar-refractivity contribution >= 4 is 23.0 Å². The number of anilines is 1. The number of aryl methyl sites for hydroxylation is 2. The molecule has 0 amide bonds. The molecule has 0 radical (unpaired) electrons. The lowest BCUT2D eigenvalue weighted by Gasteiger charge is -2.57. The molecular formula is C19H26N2S. The van der Waals surface area contributed by atoms with Crippen molar-refractivity contribution in [2.45, 2.75) is 57.9 Å². The standard InChI is InChI=1S/C19H26N2S/c1-12-4-3-5-13(2)17(12)20-18(22)21-19-9-14-6-15(10-19)8-16(7-14)11-19/h3-5,14-16H,6-11H2,1-2H3,(H2,20,21,22).